The van der Waals surface area contributed by atoms with Gasteiger partial charge in [0.15, 0.2) is 0 Å². The predicted octanol–water partition coefficient (Wildman–Crippen LogP) is 4.54. The normalized spacial score (nSPS) is 40.0. The summed E-state index contributed by atoms with van der Waals surface area (Å²) in [5, 5.41) is 20.4. The van der Waals surface area contributed by atoms with Crippen LogP contribution in [0.2, 0.25) is 0 Å². The molecule has 0 heterocycles. The van der Waals surface area contributed by atoms with E-state index in [1.807, 2.05) is 0 Å². The molecule has 0 amide bonds. The molecule has 6 unspecified atom stereocenters. The Morgan fingerprint density at radius 3 is 1.67 bits per heavy atom. The molecule has 24 heavy (non-hydrogen) atoms. The van der Waals surface area contributed by atoms with Gasteiger partial charge in [-0.15, -0.1) is 0 Å². The summed E-state index contributed by atoms with van der Waals surface area (Å²) in [5.74, 6) is 2.01. The van der Waals surface area contributed by atoms with Crippen molar-refractivity contribution in [3.05, 3.63) is 35.9 Å². The molecule has 3 rings (SSSR count). The van der Waals surface area contributed by atoms with Gasteiger partial charge in [-0.25, -0.2) is 0 Å². The minimum Gasteiger partial charge on any atom is -0.393 e. The number of benzene rings is 1. The van der Waals surface area contributed by atoms with Crippen LogP contribution in [0, 0.1) is 23.7 Å². The van der Waals surface area contributed by atoms with Crippen LogP contribution >= 0.6 is 0 Å². The fourth-order valence-corrected chi connectivity index (χ4v) is 5.45. The molecule has 6 atom stereocenters. The van der Waals surface area contributed by atoms with Crippen molar-refractivity contribution in [2.45, 2.75) is 76.9 Å². The fraction of sp³-hybridized carbons (Fsp3) is 0.727. The highest BCUT2D eigenvalue weighted by Gasteiger charge is 2.46. The Hall–Kier alpha value is -0.860. The Labute approximate surface area is 147 Å². The second-order valence-electron chi connectivity index (χ2n) is 8.76. The zero-order valence-corrected chi connectivity index (χ0v) is 15.5. The lowest BCUT2D eigenvalue weighted by Crippen LogP contribution is -2.46. The molecule has 2 heteroatoms. The van der Waals surface area contributed by atoms with Gasteiger partial charge in [0, 0.05) is 0 Å². The van der Waals surface area contributed by atoms with E-state index >= 15 is 0 Å². The summed E-state index contributed by atoms with van der Waals surface area (Å²) in [6, 6.07) is 11.0. The fourth-order valence-electron chi connectivity index (χ4n) is 5.45. The van der Waals surface area contributed by atoms with E-state index in [-0.39, 0.29) is 17.6 Å². The second kappa shape index (κ2) is 7.17. The Morgan fingerprint density at radius 2 is 1.25 bits per heavy atom. The molecule has 2 aliphatic rings. The Balaban J connectivity index is 1.93. The molecule has 2 aliphatic carbocycles. The van der Waals surface area contributed by atoms with E-state index < -0.39 is 0 Å². The smallest absolute Gasteiger partial charge is 0.0566 e. The predicted molar refractivity (Wildman–Crippen MR) is 98.8 cm³/mol. The van der Waals surface area contributed by atoms with E-state index in [1.165, 1.54) is 5.56 Å². The van der Waals surface area contributed by atoms with Crippen LogP contribution in [0.1, 0.15) is 64.9 Å². The van der Waals surface area contributed by atoms with Crippen molar-refractivity contribution < 1.29 is 10.2 Å². The van der Waals surface area contributed by atoms with Gasteiger partial charge in [0.05, 0.1) is 12.2 Å². The zero-order chi connectivity index (χ0) is 17.3. The van der Waals surface area contributed by atoms with Crippen LogP contribution in [0.4, 0.5) is 0 Å². The van der Waals surface area contributed by atoms with E-state index in [0.717, 1.165) is 38.5 Å². The molecular formula is C22H34O2. The minimum absolute atomic E-state index is 0.131. The van der Waals surface area contributed by atoms with Crippen LogP contribution in [0.3, 0.4) is 0 Å². The maximum atomic E-state index is 10.2. The van der Waals surface area contributed by atoms with E-state index in [2.05, 4.69) is 51.1 Å². The number of hydrogen-bond acceptors (Lipinski definition) is 2. The first-order valence-corrected chi connectivity index (χ1v) is 9.84. The summed E-state index contributed by atoms with van der Waals surface area (Å²) in [7, 11) is 0. The van der Waals surface area contributed by atoms with Crippen molar-refractivity contribution in [2.24, 2.45) is 23.7 Å². The molecule has 0 bridgehead atoms. The Kier molecular flexibility index (Phi) is 5.36. The quantitative estimate of drug-likeness (QED) is 0.854. The van der Waals surface area contributed by atoms with Crippen molar-refractivity contribution in [1.82, 2.24) is 0 Å². The van der Waals surface area contributed by atoms with Crippen molar-refractivity contribution in [3.63, 3.8) is 0 Å². The minimum atomic E-state index is -0.131. The van der Waals surface area contributed by atoms with Crippen molar-refractivity contribution >= 4 is 0 Å². The van der Waals surface area contributed by atoms with Gasteiger partial charge in [-0.3, -0.25) is 0 Å². The van der Waals surface area contributed by atoms with Crippen molar-refractivity contribution in [3.8, 4) is 0 Å². The third-order valence-electron chi connectivity index (χ3n) is 7.34. The molecule has 2 N–H and O–H groups in total. The molecular weight excluding hydrogens is 296 g/mol. The van der Waals surface area contributed by atoms with Gasteiger partial charge in [0.25, 0.3) is 0 Å². The first-order chi connectivity index (χ1) is 11.4. The van der Waals surface area contributed by atoms with E-state index in [4.69, 9.17) is 0 Å². The highest BCUT2D eigenvalue weighted by Crippen LogP contribution is 2.51. The van der Waals surface area contributed by atoms with E-state index in [1.54, 1.807) is 0 Å². The average molecular weight is 331 g/mol. The third kappa shape index (κ3) is 3.28. The molecule has 1 aromatic carbocycles. The molecule has 2 nitrogen and oxygen atoms in total. The third-order valence-corrected chi connectivity index (χ3v) is 7.34. The molecule has 0 aromatic heterocycles. The Morgan fingerprint density at radius 1 is 0.792 bits per heavy atom. The lowest BCUT2D eigenvalue weighted by atomic mass is 9.55. The van der Waals surface area contributed by atoms with Gasteiger partial charge in [-0.05, 0) is 73.2 Å². The topological polar surface area (TPSA) is 40.5 Å². The molecule has 134 valence electrons. The molecule has 2 fully saturated rings. The van der Waals surface area contributed by atoms with Gasteiger partial charge in [-0.1, -0.05) is 51.1 Å². The van der Waals surface area contributed by atoms with Gasteiger partial charge >= 0.3 is 0 Å². The van der Waals surface area contributed by atoms with Crippen molar-refractivity contribution in [2.75, 3.05) is 0 Å². The zero-order valence-electron chi connectivity index (χ0n) is 15.5. The van der Waals surface area contributed by atoms with Crippen LogP contribution in [-0.2, 0) is 5.41 Å². The van der Waals surface area contributed by atoms with Crippen LogP contribution < -0.4 is 0 Å². The number of aliphatic hydroxyl groups is 2. The first-order valence-electron chi connectivity index (χ1n) is 9.84. The van der Waals surface area contributed by atoms with Crippen LogP contribution in [0.15, 0.2) is 30.3 Å². The monoisotopic (exact) mass is 330 g/mol. The summed E-state index contributed by atoms with van der Waals surface area (Å²) < 4.78 is 0. The maximum absolute atomic E-state index is 10.2. The summed E-state index contributed by atoms with van der Waals surface area (Å²) in [6.07, 6.45) is 6.05. The van der Waals surface area contributed by atoms with E-state index in [9.17, 15) is 10.2 Å². The van der Waals surface area contributed by atoms with E-state index in [0.29, 0.717) is 23.7 Å². The lowest BCUT2D eigenvalue weighted by molar-refractivity contribution is -0.00801. The highest BCUT2D eigenvalue weighted by molar-refractivity contribution is 5.27. The number of hydrogen-bond donors (Lipinski definition) is 2. The highest BCUT2D eigenvalue weighted by atomic mass is 16.3. The van der Waals surface area contributed by atoms with Crippen LogP contribution in [-0.4, -0.2) is 22.4 Å². The average Bonchev–Trinajstić information content (AvgIpc) is 2.60. The standard InChI is InChI=1S/C22H34O2/c1-15-13-18(9-11-20(15)23)22(3,17-7-5-4-6-8-17)19-10-12-21(24)16(2)14-19/h4-8,15-16,18-21,23-24H,9-14H2,1-3H3. The van der Waals surface area contributed by atoms with Gasteiger partial charge in [-0.2, -0.15) is 0 Å². The van der Waals surface area contributed by atoms with Gasteiger partial charge in [0.1, 0.15) is 0 Å². The van der Waals surface area contributed by atoms with Gasteiger partial charge in [0.2, 0.25) is 0 Å². The molecule has 0 saturated heterocycles. The van der Waals surface area contributed by atoms with Crippen LogP contribution in [0.5, 0.6) is 0 Å². The van der Waals surface area contributed by atoms with Crippen molar-refractivity contribution in [1.29, 1.82) is 0 Å². The molecule has 0 radical (unpaired) electrons. The lowest BCUT2D eigenvalue weighted by Gasteiger charge is -2.50. The maximum Gasteiger partial charge on any atom is 0.0566 e. The molecule has 2 saturated carbocycles. The summed E-state index contributed by atoms with van der Waals surface area (Å²) in [5.41, 5.74) is 1.59. The summed E-state index contributed by atoms with van der Waals surface area (Å²) >= 11 is 0. The number of rotatable bonds is 3. The van der Waals surface area contributed by atoms with Crippen LogP contribution in [0.25, 0.3) is 0 Å². The first kappa shape index (κ1) is 17.9. The largest absolute Gasteiger partial charge is 0.393 e. The molecule has 0 aliphatic heterocycles. The Bertz CT molecular complexity index is 500. The second-order valence-corrected chi connectivity index (χ2v) is 8.76. The van der Waals surface area contributed by atoms with Gasteiger partial charge < -0.3 is 10.2 Å². The number of aliphatic hydroxyl groups excluding tert-OH is 2. The summed E-state index contributed by atoms with van der Waals surface area (Å²) in [4.78, 5) is 0. The summed E-state index contributed by atoms with van der Waals surface area (Å²) in [6.45, 7) is 6.87. The SMILES string of the molecule is CC1CC(C(C)(c2ccccc2)C2CCC(O)C(C)C2)CCC1O. The molecule has 0 spiro atoms. The molecule has 1 aromatic rings.